The van der Waals surface area contributed by atoms with Crippen LogP contribution in [0.15, 0.2) is 48.8 Å². The first-order chi connectivity index (χ1) is 14.4. The molecule has 1 aliphatic heterocycles. The topological polar surface area (TPSA) is 104 Å². The van der Waals surface area contributed by atoms with E-state index in [1.54, 1.807) is 56.6 Å². The molecule has 3 amide bonds. The molecule has 0 spiro atoms. The number of nitrogens with zero attached hydrogens (tertiary/aromatic N) is 3. The lowest BCUT2D eigenvalue weighted by molar-refractivity contribution is -0.130. The Labute approximate surface area is 179 Å². The number of anilines is 1. The molecule has 1 atom stereocenters. The molecule has 0 bridgehead atoms. The summed E-state index contributed by atoms with van der Waals surface area (Å²) in [5, 5.41) is 4.14. The number of benzene rings is 1. The van der Waals surface area contributed by atoms with Crippen molar-refractivity contribution in [3.8, 4) is 5.75 Å². The standard InChI is InChI=1S/C20H21N5O4S/c1-3-24-19(28)16(11-17(26)22-14-6-8-15(29-2)9-7-14)25(20(24)30)23-18(27)13-5-4-10-21-12-13/h4-10,12,16H,3,11H2,1-2H3,(H,22,26)(H,23,27). The predicted molar refractivity (Wildman–Crippen MR) is 114 cm³/mol. The SMILES string of the molecule is CCN1C(=O)C(CC(=O)Nc2ccc(OC)cc2)N(NC(=O)c2cccnc2)C1=S. The van der Waals surface area contributed by atoms with Crippen LogP contribution in [0.3, 0.4) is 0 Å². The van der Waals surface area contributed by atoms with Crippen LogP contribution in [0.4, 0.5) is 5.69 Å². The normalized spacial score (nSPS) is 15.9. The van der Waals surface area contributed by atoms with Gasteiger partial charge in [0.2, 0.25) is 5.91 Å². The van der Waals surface area contributed by atoms with Crippen molar-refractivity contribution in [1.29, 1.82) is 0 Å². The van der Waals surface area contributed by atoms with Crippen molar-refractivity contribution in [1.82, 2.24) is 20.3 Å². The fourth-order valence-electron chi connectivity index (χ4n) is 2.98. The van der Waals surface area contributed by atoms with Crippen LogP contribution in [0.2, 0.25) is 0 Å². The van der Waals surface area contributed by atoms with Gasteiger partial charge in [-0.2, -0.15) is 0 Å². The molecule has 1 unspecified atom stereocenters. The lowest BCUT2D eigenvalue weighted by atomic mass is 10.2. The minimum absolute atomic E-state index is 0.141. The van der Waals surface area contributed by atoms with Crippen molar-refractivity contribution >= 4 is 40.7 Å². The third kappa shape index (κ3) is 4.54. The van der Waals surface area contributed by atoms with Crippen molar-refractivity contribution < 1.29 is 19.1 Å². The fourth-order valence-corrected chi connectivity index (χ4v) is 3.37. The summed E-state index contributed by atoms with van der Waals surface area (Å²) in [4.78, 5) is 43.1. The molecule has 2 heterocycles. The first-order valence-electron chi connectivity index (χ1n) is 9.24. The summed E-state index contributed by atoms with van der Waals surface area (Å²) in [6.45, 7) is 2.10. The molecule has 0 aliphatic carbocycles. The Morgan fingerprint density at radius 1 is 1.23 bits per heavy atom. The van der Waals surface area contributed by atoms with E-state index in [0.717, 1.165) is 0 Å². The minimum Gasteiger partial charge on any atom is -0.497 e. The minimum atomic E-state index is -0.948. The van der Waals surface area contributed by atoms with Gasteiger partial charge in [-0.05, 0) is 55.5 Å². The van der Waals surface area contributed by atoms with Gasteiger partial charge >= 0.3 is 0 Å². The van der Waals surface area contributed by atoms with Gasteiger partial charge < -0.3 is 10.1 Å². The number of ether oxygens (including phenoxy) is 1. The summed E-state index contributed by atoms with van der Waals surface area (Å²) in [5.41, 5.74) is 3.50. The molecule has 30 heavy (non-hydrogen) atoms. The Balaban J connectivity index is 1.73. The number of methoxy groups -OCH3 is 1. The Bertz CT molecular complexity index is 951. The molecule has 2 aromatic rings. The van der Waals surface area contributed by atoms with E-state index in [1.807, 2.05) is 0 Å². The van der Waals surface area contributed by atoms with Gasteiger partial charge in [-0.25, -0.2) is 5.01 Å². The first-order valence-corrected chi connectivity index (χ1v) is 9.65. The van der Waals surface area contributed by atoms with Gasteiger partial charge in [-0.15, -0.1) is 0 Å². The number of nitrogens with one attached hydrogen (secondary N) is 2. The molecule has 10 heteroatoms. The van der Waals surface area contributed by atoms with Crippen LogP contribution in [-0.2, 0) is 9.59 Å². The molecule has 0 radical (unpaired) electrons. The van der Waals surface area contributed by atoms with E-state index in [9.17, 15) is 14.4 Å². The average molecular weight is 427 g/mol. The Hall–Kier alpha value is -3.53. The first kappa shape index (κ1) is 21.2. The molecular weight excluding hydrogens is 406 g/mol. The van der Waals surface area contributed by atoms with E-state index in [-0.39, 0.29) is 23.3 Å². The highest BCUT2D eigenvalue weighted by molar-refractivity contribution is 7.80. The third-order valence-corrected chi connectivity index (χ3v) is 4.93. The van der Waals surface area contributed by atoms with E-state index in [4.69, 9.17) is 17.0 Å². The maximum absolute atomic E-state index is 12.8. The Kier molecular flexibility index (Phi) is 6.58. The van der Waals surface area contributed by atoms with Crippen molar-refractivity contribution in [2.45, 2.75) is 19.4 Å². The second-order valence-electron chi connectivity index (χ2n) is 6.41. The number of thiocarbonyl (C=S) groups is 1. The molecule has 1 aliphatic rings. The quantitative estimate of drug-likeness (QED) is 0.647. The van der Waals surface area contributed by atoms with Crippen LogP contribution < -0.4 is 15.5 Å². The summed E-state index contributed by atoms with van der Waals surface area (Å²) in [5.74, 6) is -0.553. The Morgan fingerprint density at radius 3 is 2.57 bits per heavy atom. The molecule has 1 aromatic carbocycles. The maximum atomic E-state index is 12.8. The summed E-state index contributed by atoms with van der Waals surface area (Å²) in [6, 6.07) is 9.08. The highest BCUT2D eigenvalue weighted by Gasteiger charge is 2.43. The summed E-state index contributed by atoms with van der Waals surface area (Å²) in [6.07, 6.45) is 2.76. The summed E-state index contributed by atoms with van der Waals surface area (Å²) in [7, 11) is 1.55. The number of likely N-dealkylation sites (N-methyl/N-ethyl adjacent to an activating group) is 1. The predicted octanol–water partition coefficient (Wildman–Crippen LogP) is 1.58. The average Bonchev–Trinajstić information content (AvgIpc) is 2.98. The van der Waals surface area contributed by atoms with Gasteiger partial charge in [0, 0.05) is 24.6 Å². The van der Waals surface area contributed by atoms with Crippen molar-refractivity contribution in [2.75, 3.05) is 19.0 Å². The van der Waals surface area contributed by atoms with Crippen molar-refractivity contribution in [2.24, 2.45) is 0 Å². The van der Waals surface area contributed by atoms with Crippen molar-refractivity contribution in [3.63, 3.8) is 0 Å². The zero-order valence-electron chi connectivity index (χ0n) is 16.5. The molecule has 9 nitrogen and oxygen atoms in total. The van der Waals surface area contributed by atoms with E-state index in [2.05, 4.69) is 15.7 Å². The fraction of sp³-hybridized carbons (Fsp3) is 0.250. The summed E-state index contributed by atoms with van der Waals surface area (Å²) >= 11 is 5.35. The molecule has 2 N–H and O–H groups in total. The van der Waals surface area contributed by atoms with Gasteiger partial charge in [-0.3, -0.25) is 29.7 Å². The lowest BCUT2D eigenvalue weighted by Crippen LogP contribution is -2.49. The van der Waals surface area contributed by atoms with Crippen LogP contribution in [-0.4, -0.2) is 57.4 Å². The number of pyridine rings is 1. The number of rotatable bonds is 7. The van der Waals surface area contributed by atoms with Gasteiger partial charge in [0.15, 0.2) is 5.11 Å². The third-order valence-electron chi connectivity index (χ3n) is 4.51. The molecule has 1 saturated heterocycles. The van der Waals surface area contributed by atoms with Crippen LogP contribution in [0.1, 0.15) is 23.7 Å². The van der Waals surface area contributed by atoms with Crippen LogP contribution >= 0.6 is 12.2 Å². The monoisotopic (exact) mass is 427 g/mol. The van der Waals surface area contributed by atoms with Crippen molar-refractivity contribution in [3.05, 3.63) is 54.4 Å². The number of aromatic nitrogens is 1. The van der Waals surface area contributed by atoms with Gasteiger partial charge in [0.1, 0.15) is 11.8 Å². The second-order valence-corrected chi connectivity index (χ2v) is 6.78. The lowest BCUT2D eigenvalue weighted by Gasteiger charge is -2.24. The number of carbonyl (C=O) groups excluding carboxylic acids is 3. The highest BCUT2D eigenvalue weighted by atomic mass is 32.1. The number of amides is 3. The van der Waals surface area contributed by atoms with E-state index in [0.29, 0.717) is 23.5 Å². The molecule has 1 aromatic heterocycles. The molecule has 0 saturated carbocycles. The zero-order chi connectivity index (χ0) is 21.7. The van der Waals surface area contributed by atoms with Gasteiger partial charge in [-0.1, -0.05) is 0 Å². The van der Waals surface area contributed by atoms with Gasteiger partial charge in [0.05, 0.1) is 19.1 Å². The second kappa shape index (κ2) is 9.31. The van der Waals surface area contributed by atoms with Crippen LogP contribution in [0.5, 0.6) is 5.75 Å². The largest absolute Gasteiger partial charge is 0.497 e. The van der Waals surface area contributed by atoms with Crippen LogP contribution in [0.25, 0.3) is 0 Å². The number of hydrogen-bond donors (Lipinski definition) is 2. The number of hydrogen-bond acceptors (Lipinski definition) is 6. The smallest absolute Gasteiger partial charge is 0.271 e. The zero-order valence-corrected chi connectivity index (χ0v) is 17.3. The molecule has 156 valence electrons. The number of carbonyl (C=O) groups is 3. The Morgan fingerprint density at radius 2 is 1.97 bits per heavy atom. The van der Waals surface area contributed by atoms with E-state index < -0.39 is 11.9 Å². The highest BCUT2D eigenvalue weighted by Crippen LogP contribution is 2.21. The summed E-state index contributed by atoms with van der Waals surface area (Å²) < 4.78 is 5.09. The van der Waals surface area contributed by atoms with Crippen LogP contribution in [0, 0.1) is 0 Å². The molecule has 1 fully saturated rings. The van der Waals surface area contributed by atoms with E-state index >= 15 is 0 Å². The molecular formula is C20H21N5O4S. The molecule has 3 rings (SSSR count). The maximum Gasteiger partial charge on any atom is 0.271 e. The number of hydrazine groups is 1. The van der Waals surface area contributed by atoms with Gasteiger partial charge in [0.25, 0.3) is 11.8 Å². The van der Waals surface area contributed by atoms with E-state index in [1.165, 1.54) is 16.1 Å².